The van der Waals surface area contributed by atoms with E-state index >= 15 is 0 Å². The predicted molar refractivity (Wildman–Crippen MR) is 78.3 cm³/mol. The maximum absolute atomic E-state index is 11.8. The number of hydrogen-bond acceptors (Lipinski definition) is 4. The highest BCUT2D eigenvalue weighted by molar-refractivity contribution is 5.81. The molecule has 0 aliphatic carbocycles. The molecule has 0 spiro atoms. The highest BCUT2D eigenvalue weighted by atomic mass is 16.6. The summed E-state index contributed by atoms with van der Waals surface area (Å²) in [5.41, 5.74) is -0.489. The monoisotopic (exact) mass is 284 g/mol. The molecular weight excluding hydrogens is 256 g/mol. The van der Waals surface area contributed by atoms with Gasteiger partial charge in [-0.1, -0.05) is 0 Å². The second kappa shape index (κ2) is 7.07. The van der Waals surface area contributed by atoms with E-state index in [-0.39, 0.29) is 30.8 Å². The minimum absolute atomic E-state index is 0.0578. The van der Waals surface area contributed by atoms with Crippen molar-refractivity contribution in [1.82, 2.24) is 10.2 Å². The van der Waals surface area contributed by atoms with Gasteiger partial charge in [-0.15, -0.1) is 0 Å². The van der Waals surface area contributed by atoms with Gasteiger partial charge in [0.2, 0.25) is 5.91 Å². The van der Waals surface area contributed by atoms with Gasteiger partial charge in [-0.05, 0) is 47.6 Å². The summed E-state index contributed by atoms with van der Waals surface area (Å²) in [4.78, 5) is 25.7. The largest absolute Gasteiger partial charge is 0.460 e. The van der Waals surface area contributed by atoms with E-state index in [1.807, 2.05) is 20.8 Å². The van der Waals surface area contributed by atoms with Gasteiger partial charge in [0.05, 0.1) is 6.42 Å². The molecule has 1 amide bonds. The molecule has 1 rings (SSSR count). The molecule has 0 aromatic rings. The maximum atomic E-state index is 11.8. The molecule has 20 heavy (non-hydrogen) atoms. The first kappa shape index (κ1) is 17.0. The number of amides is 1. The molecule has 1 saturated heterocycles. The van der Waals surface area contributed by atoms with Crippen molar-refractivity contribution in [3.8, 4) is 0 Å². The van der Waals surface area contributed by atoms with Crippen LogP contribution in [-0.2, 0) is 14.3 Å². The first-order chi connectivity index (χ1) is 9.17. The third-order valence-corrected chi connectivity index (χ3v) is 3.55. The van der Waals surface area contributed by atoms with Gasteiger partial charge in [0.1, 0.15) is 5.60 Å². The zero-order valence-corrected chi connectivity index (χ0v) is 13.4. The summed E-state index contributed by atoms with van der Waals surface area (Å²) in [5.74, 6) is -0.373. The lowest BCUT2D eigenvalue weighted by atomic mass is 9.99. The lowest BCUT2D eigenvalue weighted by molar-refractivity contribution is -0.155. The van der Waals surface area contributed by atoms with Crippen LogP contribution in [0.1, 0.15) is 53.4 Å². The fourth-order valence-electron chi connectivity index (χ4n) is 2.33. The van der Waals surface area contributed by atoms with Crippen LogP contribution >= 0.6 is 0 Å². The molecule has 2 atom stereocenters. The molecule has 0 aromatic carbocycles. The second-order valence-electron chi connectivity index (χ2n) is 6.70. The Kier molecular flexibility index (Phi) is 5.99. The first-order valence-corrected chi connectivity index (χ1v) is 7.39. The Morgan fingerprint density at radius 3 is 2.50 bits per heavy atom. The third-order valence-electron chi connectivity index (χ3n) is 3.55. The Hall–Kier alpha value is -1.10. The van der Waals surface area contributed by atoms with Gasteiger partial charge in [0.25, 0.3) is 0 Å². The summed E-state index contributed by atoms with van der Waals surface area (Å²) in [7, 11) is 2.10. The number of rotatable bonds is 4. The number of carbonyl (C=O) groups is 2. The van der Waals surface area contributed by atoms with Gasteiger partial charge in [-0.25, -0.2) is 0 Å². The molecule has 0 bridgehead atoms. The molecule has 1 aliphatic rings. The molecule has 5 heteroatoms. The Balaban J connectivity index is 2.25. The quantitative estimate of drug-likeness (QED) is 0.798. The van der Waals surface area contributed by atoms with Crippen molar-refractivity contribution in [3.05, 3.63) is 0 Å². The summed E-state index contributed by atoms with van der Waals surface area (Å²) in [6, 6.07) is 0.715. The SMILES string of the molecule is CC1CC(NC(=O)CCC(=O)OC(C)(C)C)CCN1C. The smallest absolute Gasteiger partial charge is 0.306 e. The third kappa shape index (κ3) is 6.37. The normalized spacial score (nSPS) is 24.2. The van der Waals surface area contributed by atoms with Gasteiger partial charge < -0.3 is 15.0 Å². The van der Waals surface area contributed by atoms with Crippen molar-refractivity contribution in [3.63, 3.8) is 0 Å². The van der Waals surface area contributed by atoms with E-state index in [4.69, 9.17) is 4.74 Å². The van der Waals surface area contributed by atoms with Crippen LogP contribution in [0.15, 0.2) is 0 Å². The van der Waals surface area contributed by atoms with Crippen molar-refractivity contribution >= 4 is 11.9 Å². The van der Waals surface area contributed by atoms with E-state index in [1.165, 1.54) is 0 Å². The molecule has 0 saturated carbocycles. The number of nitrogens with zero attached hydrogens (tertiary/aromatic N) is 1. The zero-order chi connectivity index (χ0) is 15.3. The van der Waals surface area contributed by atoms with Crippen molar-refractivity contribution in [2.24, 2.45) is 0 Å². The van der Waals surface area contributed by atoms with E-state index in [0.717, 1.165) is 19.4 Å². The minimum atomic E-state index is -0.489. The Labute approximate surface area is 122 Å². The number of ether oxygens (including phenoxy) is 1. The Morgan fingerprint density at radius 2 is 1.95 bits per heavy atom. The Bertz CT molecular complexity index is 350. The van der Waals surface area contributed by atoms with Gasteiger partial charge in [-0.2, -0.15) is 0 Å². The van der Waals surface area contributed by atoms with Crippen LogP contribution in [0.2, 0.25) is 0 Å². The molecule has 116 valence electrons. The lowest BCUT2D eigenvalue weighted by Gasteiger charge is -2.35. The Morgan fingerprint density at radius 1 is 1.30 bits per heavy atom. The summed E-state index contributed by atoms with van der Waals surface area (Å²) in [5, 5.41) is 3.01. The summed E-state index contributed by atoms with van der Waals surface area (Å²) in [6.45, 7) is 8.64. The predicted octanol–water partition coefficient (Wildman–Crippen LogP) is 1.71. The molecule has 1 heterocycles. The van der Waals surface area contributed by atoms with Crippen LogP contribution < -0.4 is 5.32 Å². The fraction of sp³-hybridized carbons (Fsp3) is 0.867. The molecule has 1 fully saturated rings. The van der Waals surface area contributed by atoms with Crippen molar-refractivity contribution in [2.75, 3.05) is 13.6 Å². The summed E-state index contributed by atoms with van der Waals surface area (Å²) < 4.78 is 5.18. The summed E-state index contributed by atoms with van der Waals surface area (Å²) >= 11 is 0. The van der Waals surface area contributed by atoms with E-state index < -0.39 is 5.60 Å². The van der Waals surface area contributed by atoms with Crippen LogP contribution in [0.5, 0.6) is 0 Å². The fourth-order valence-corrected chi connectivity index (χ4v) is 2.33. The average Bonchev–Trinajstić information content (AvgIpc) is 2.29. The first-order valence-electron chi connectivity index (χ1n) is 7.39. The minimum Gasteiger partial charge on any atom is -0.460 e. The van der Waals surface area contributed by atoms with E-state index in [2.05, 4.69) is 24.2 Å². The van der Waals surface area contributed by atoms with Crippen molar-refractivity contribution in [2.45, 2.75) is 71.1 Å². The van der Waals surface area contributed by atoms with Crippen LogP contribution in [0.25, 0.3) is 0 Å². The van der Waals surface area contributed by atoms with Crippen molar-refractivity contribution in [1.29, 1.82) is 0 Å². The van der Waals surface area contributed by atoms with Gasteiger partial charge >= 0.3 is 5.97 Å². The van der Waals surface area contributed by atoms with Crippen LogP contribution in [0.3, 0.4) is 0 Å². The number of esters is 1. The lowest BCUT2D eigenvalue weighted by Crippen LogP contribution is -2.47. The van der Waals surface area contributed by atoms with E-state index in [9.17, 15) is 9.59 Å². The number of carbonyl (C=O) groups excluding carboxylic acids is 2. The molecule has 1 aliphatic heterocycles. The van der Waals surface area contributed by atoms with Gasteiger partial charge in [0.15, 0.2) is 0 Å². The number of hydrogen-bond donors (Lipinski definition) is 1. The van der Waals surface area contributed by atoms with E-state index in [0.29, 0.717) is 6.04 Å². The highest BCUT2D eigenvalue weighted by Crippen LogP contribution is 2.15. The molecule has 0 aromatic heterocycles. The standard InChI is InChI=1S/C15H28N2O3/c1-11-10-12(8-9-17(11)5)16-13(18)6-7-14(19)20-15(2,3)4/h11-12H,6-10H2,1-5H3,(H,16,18). The topological polar surface area (TPSA) is 58.6 Å². The molecule has 1 N–H and O–H groups in total. The average molecular weight is 284 g/mol. The van der Waals surface area contributed by atoms with Crippen LogP contribution in [0.4, 0.5) is 0 Å². The van der Waals surface area contributed by atoms with Gasteiger partial charge in [0, 0.05) is 25.0 Å². The molecular formula is C15H28N2O3. The highest BCUT2D eigenvalue weighted by Gasteiger charge is 2.24. The second-order valence-corrected chi connectivity index (χ2v) is 6.70. The van der Waals surface area contributed by atoms with Crippen molar-refractivity contribution < 1.29 is 14.3 Å². The molecule has 0 radical (unpaired) electrons. The molecule has 5 nitrogen and oxygen atoms in total. The maximum Gasteiger partial charge on any atom is 0.306 e. The number of nitrogens with one attached hydrogen (secondary N) is 1. The van der Waals surface area contributed by atoms with E-state index in [1.54, 1.807) is 0 Å². The number of piperidine rings is 1. The summed E-state index contributed by atoms with van der Waals surface area (Å²) in [6.07, 6.45) is 2.29. The number of likely N-dealkylation sites (tertiary alicyclic amines) is 1. The zero-order valence-electron chi connectivity index (χ0n) is 13.4. The van der Waals surface area contributed by atoms with Gasteiger partial charge in [-0.3, -0.25) is 9.59 Å². The van der Waals surface area contributed by atoms with Crippen LogP contribution in [0, 0.1) is 0 Å². The molecule has 2 unspecified atom stereocenters. The van der Waals surface area contributed by atoms with Crippen LogP contribution in [-0.4, -0.2) is 48.1 Å².